The first-order chi connectivity index (χ1) is 9.11. The van der Waals surface area contributed by atoms with Crippen LogP contribution in [0.4, 0.5) is 8.78 Å². The molecule has 1 fully saturated rings. The van der Waals surface area contributed by atoms with E-state index in [0.717, 1.165) is 12.8 Å². The minimum atomic E-state index is -2.45. The van der Waals surface area contributed by atoms with Crippen LogP contribution in [-0.4, -0.2) is 48.0 Å². The van der Waals surface area contributed by atoms with Crippen molar-refractivity contribution in [3.05, 3.63) is 24.0 Å². The number of rotatable bonds is 4. The van der Waals surface area contributed by atoms with E-state index in [0.29, 0.717) is 18.8 Å². The van der Waals surface area contributed by atoms with Gasteiger partial charge in [-0.2, -0.15) is 0 Å². The maximum Gasteiger partial charge on any atom is 0.270 e. The quantitative estimate of drug-likeness (QED) is 0.902. The minimum absolute atomic E-state index is 0.161. The lowest BCUT2D eigenvalue weighted by Crippen LogP contribution is -2.47. The number of amides is 1. The van der Waals surface area contributed by atoms with E-state index in [-0.39, 0.29) is 11.9 Å². The molecule has 0 aliphatic carbocycles. The Balaban J connectivity index is 2.08. The van der Waals surface area contributed by atoms with E-state index in [2.05, 4.69) is 5.32 Å². The van der Waals surface area contributed by atoms with Crippen molar-refractivity contribution < 1.29 is 13.6 Å². The maximum atomic E-state index is 12.4. The van der Waals surface area contributed by atoms with Gasteiger partial charge in [-0.3, -0.25) is 4.79 Å². The summed E-state index contributed by atoms with van der Waals surface area (Å²) in [6.07, 6.45) is 1.05. The molecule has 0 saturated carbocycles. The van der Waals surface area contributed by atoms with Crippen LogP contribution < -0.4 is 5.32 Å². The van der Waals surface area contributed by atoms with Gasteiger partial charge in [0.15, 0.2) is 0 Å². The second-order valence-corrected chi connectivity index (χ2v) is 4.82. The van der Waals surface area contributed by atoms with Crippen LogP contribution >= 0.6 is 0 Å². The highest BCUT2D eigenvalue weighted by atomic mass is 19.3. The van der Waals surface area contributed by atoms with E-state index in [4.69, 9.17) is 0 Å². The number of nitrogens with one attached hydrogen (secondary N) is 1. The first-order valence-corrected chi connectivity index (χ1v) is 6.51. The van der Waals surface area contributed by atoms with E-state index in [1.165, 1.54) is 10.8 Å². The molecule has 0 aromatic carbocycles. The third-order valence-electron chi connectivity index (χ3n) is 3.50. The summed E-state index contributed by atoms with van der Waals surface area (Å²) < 4.78 is 26.2. The number of piperidine rings is 1. The van der Waals surface area contributed by atoms with Crippen molar-refractivity contribution in [2.45, 2.75) is 31.9 Å². The molecule has 0 radical (unpaired) electrons. The lowest BCUT2D eigenvalue weighted by molar-refractivity contribution is 0.0678. The number of hydrogen-bond acceptors (Lipinski definition) is 2. The van der Waals surface area contributed by atoms with Crippen LogP contribution in [0.15, 0.2) is 18.3 Å². The normalized spacial score (nSPS) is 20.0. The Morgan fingerprint density at radius 3 is 3.05 bits per heavy atom. The highest BCUT2D eigenvalue weighted by molar-refractivity contribution is 5.92. The van der Waals surface area contributed by atoms with Crippen molar-refractivity contribution in [2.75, 3.05) is 20.1 Å². The molecule has 2 heterocycles. The topological polar surface area (TPSA) is 37.3 Å². The van der Waals surface area contributed by atoms with Crippen molar-refractivity contribution in [3.63, 3.8) is 0 Å². The van der Waals surface area contributed by atoms with Crippen molar-refractivity contribution in [2.24, 2.45) is 0 Å². The van der Waals surface area contributed by atoms with Gasteiger partial charge in [0.25, 0.3) is 12.3 Å². The van der Waals surface area contributed by atoms with E-state index < -0.39 is 13.0 Å². The Hall–Kier alpha value is -1.43. The van der Waals surface area contributed by atoms with Crippen LogP contribution in [0.5, 0.6) is 0 Å². The summed E-state index contributed by atoms with van der Waals surface area (Å²) in [5.74, 6) is -0.161. The van der Waals surface area contributed by atoms with Crippen molar-refractivity contribution in [1.29, 1.82) is 0 Å². The number of hydrogen-bond donors (Lipinski definition) is 1. The van der Waals surface area contributed by atoms with Gasteiger partial charge < -0.3 is 14.8 Å². The van der Waals surface area contributed by atoms with Crippen molar-refractivity contribution in [1.82, 2.24) is 14.8 Å². The minimum Gasteiger partial charge on any atom is -0.338 e. The first kappa shape index (κ1) is 14.0. The van der Waals surface area contributed by atoms with Gasteiger partial charge in [0.2, 0.25) is 0 Å². The molecule has 1 aliphatic rings. The lowest BCUT2D eigenvalue weighted by atomic mass is 10.1. The summed E-state index contributed by atoms with van der Waals surface area (Å²) in [5.41, 5.74) is 0.344. The molecule has 1 aromatic rings. The van der Waals surface area contributed by atoms with E-state index in [1.54, 1.807) is 17.0 Å². The summed E-state index contributed by atoms with van der Waals surface area (Å²) in [6.45, 7) is 0.892. The number of aromatic nitrogens is 1. The molecule has 0 spiro atoms. The average molecular weight is 271 g/mol. The van der Waals surface area contributed by atoms with Crippen LogP contribution in [0, 0.1) is 0 Å². The third-order valence-corrected chi connectivity index (χ3v) is 3.50. The molecular weight excluding hydrogens is 252 g/mol. The van der Waals surface area contributed by atoms with Crippen LogP contribution in [0.3, 0.4) is 0 Å². The fourth-order valence-corrected chi connectivity index (χ4v) is 2.48. The van der Waals surface area contributed by atoms with E-state index >= 15 is 0 Å². The highest BCUT2D eigenvalue weighted by Crippen LogP contribution is 2.15. The molecule has 1 N–H and O–H groups in total. The Morgan fingerprint density at radius 2 is 2.37 bits per heavy atom. The van der Waals surface area contributed by atoms with Gasteiger partial charge in [-0.1, -0.05) is 0 Å². The maximum absolute atomic E-state index is 12.4. The molecule has 1 amide bonds. The molecule has 1 unspecified atom stereocenters. The fraction of sp³-hybridized carbons (Fsp3) is 0.615. The van der Waals surface area contributed by atoms with Gasteiger partial charge in [-0.15, -0.1) is 0 Å². The van der Waals surface area contributed by atoms with Gasteiger partial charge >= 0.3 is 0 Å². The summed E-state index contributed by atoms with van der Waals surface area (Å²) >= 11 is 0. The second-order valence-electron chi connectivity index (χ2n) is 4.82. The van der Waals surface area contributed by atoms with E-state index in [1.807, 2.05) is 7.05 Å². The lowest BCUT2D eigenvalue weighted by Gasteiger charge is -2.32. The van der Waals surface area contributed by atoms with Crippen LogP contribution in [0.25, 0.3) is 0 Å². The molecule has 2 rings (SSSR count). The summed E-state index contributed by atoms with van der Waals surface area (Å²) in [4.78, 5) is 14.1. The largest absolute Gasteiger partial charge is 0.338 e. The second kappa shape index (κ2) is 6.14. The van der Waals surface area contributed by atoms with Gasteiger partial charge in [0.05, 0.1) is 6.54 Å². The molecule has 1 atom stereocenters. The van der Waals surface area contributed by atoms with Gasteiger partial charge in [-0.05, 0) is 32.0 Å². The molecule has 1 aliphatic heterocycles. The molecule has 19 heavy (non-hydrogen) atoms. The molecule has 6 heteroatoms. The molecule has 1 saturated heterocycles. The number of carbonyl (C=O) groups is 1. The molecule has 0 bridgehead atoms. The number of nitrogens with zero attached hydrogens (tertiary/aromatic N) is 2. The Labute approximate surface area is 111 Å². The zero-order chi connectivity index (χ0) is 13.8. The molecular formula is C13H19F2N3O. The zero-order valence-electron chi connectivity index (χ0n) is 11.0. The number of likely N-dealkylation sites (N-methyl/N-ethyl adjacent to an activating group) is 1. The molecule has 106 valence electrons. The zero-order valence-corrected chi connectivity index (χ0v) is 11.0. The molecule has 4 nitrogen and oxygen atoms in total. The Bertz CT molecular complexity index is 433. The SMILES string of the molecule is CNC1CCCN(C(=O)c2cccn2CC(F)F)C1. The third kappa shape index (κ3) is 3.32. The predicted octanol–water partition coefficient (Wildman–Crippen LogP) is 1.58. The van der Waals surface area contributed by atoms with Crippen molar-refractivity contribution in [3.8, 4) is 0 Å². The summed E-state index contributed by atoms with van der Waals surface area (Å²) in [5, 5.41) is 3.16. The van der Waals surface area contributed by atoms with Gasteiger partial charge in [0.1, 0.15) is 5.69 Å². The Kier molecular flexibility index (Phi) is 4.52. The average Bonchev–Trinajstić information content (AvgIpc) is 2.85. The summed E-state index contributed by atoms with van der Waals surface area (Å²) in [7, 11) is 1.87. The molecule has 1 aromatic heterocycles. The number of likely N-dealkylation sites (tertiary alicyclic amines) is 1. The van der Waals surface area contributed by atoms with Gasteiger partial charge in [-0.25, -0.2) is 8.78 Å². The van der Waals surface area contributed by atoms with Crippen LogP contribution in [-0.2, 0) is 6.54 Å². The van der Waals surface area contributed by atoms with Gasteiger partial charge in [0, 0.05) is 25.3 Å². The summed E-state index contributed by atoms with van der Waals surface area (Å²) in [6, 6.07) is 3.53. The Morgan fingerprint density at radius 1 is 1.58 bits per heavy atom. The standard InChI is InChI=1S/C13H19F2N3O/c1-16-10-4-2-7-18(8-10)13(19)11-5-3-6-17(11)9-12(14)15/h3,5-6,10,12,16H,2,4,7-9H2,1H3. The predicted molar refractivity (Wildman–Crippen MR) is 68.4 cm³/mol. The number of halogens is 2. The number of carbonyl (C=O) groups excluding carboxylic acids is 1. The smallest absolute Gasteiger partial charge is 0.270 e. The monoisotopic (exact) mass is 271 g/mol. The highest BCUT2D eigenvalue weighted by Gasteiger charge is 2.25. The van der Waals surface area contributed by atoms with Crippen molar-refractivity contribution >= 4 is 5.91 Å². The van der Waals surface area contributed by atoms with Crippen LogP contribution in [0.1, 0.15) is 23.3 Å². The van der Waals surface area contributed by atoms with Crippen LogP contribution in [0.2, 0.25) is 0 Å². The number of alkyl halides is 2. The fourth-order valence-electron chi connectivity index (χ4n) is 2.48. The van der Waals surface area contributed by atoms with E-state index in [9.17, 15) is 13.6 Å². The first-order valence-electron chi connectivity index (χ1n) is 6.51.